The van der Waals surface area contributed by atoms with E-state index in [1.54, 1.807) is 0 Å². The van der Waals surface area contributed by atoms with Gasteiger partial charge in [0.1, 0.15) is 0 Å². The summed E-state index contributed by atoms with van der Waals surface area (Å²) in [6.45, 7) is 2.04. The molecule has 0 aliphatic heterocycles. The van der Waals surface area contributed by atoms with E-state index in [1.165, 1.54) is 11.4 Å². The Hall–Kier alpha value is -1.48. The van der Waals surface area contributed by atoms with Crippen molar-refractivity contribution in [2.75, 3.05) is 13.2 Å². The first-order valence-corrected chi connectivity index (χ1v) is 6.93. The first-order chi connectivity index (χ1) is 8.22. The van der Waals surface area contributed by atoms with Crippen molar-refractivity contribution in [3.63, 3.8) is 0 Å². The number of carbonyl (C=O) groups is 1. The van der Waals surface area contributed by atoms with Crippen LogP contribution in [0.2, 0.25) is 4.82 Å². The Bertz CT molecular complexity index is 404. The van der Waals surface area contributed by atoms with Crippen LogP contribution in [0.15, 0.2) is 35.4 Å². The summed E-state index contributed by atoms with van der Waals surface area (Å²) in [5.41, 5.74) is 8.32. The van der Waals surface area contributed by atoms with Gasteiger partial charge in [0.25, 0.3) is 0 Å². The summed E-state index contributed by atoms with van der Waals surface area (Å²) in [7, 11) is 0. The van der Waals surface area contributed by atoms with Gasteiger partial charge < -0.3 is 0 Å². The summed E-state index contributed by atoms with van der Waals surface area (Å²) in [6.07, 6.45) is 0. The van der Waals surface area contributed by atoms with Gasteiger partial charge in [-0.3, -0.25) is 0 Å². The minimum atomic E-state index is -0.306. The second kappa shape index (κ2) is 7.74. The minimum absolute atomic E-state index is 0.0877. The van der Waals surface area contributed by atoms with Crippen LogP contribution in [0.25, 0.3) is 10.4 Å². The van der Waals surface area contributed by atoms with E-state index >= 15 is 0 Å². The normalized spacial score (nSPS) is 11.4. The Morgan fingerprint density at radius 1 is 1.53 bits per heavy atom. The van der Waals surface area contributed by atoms with Crippen molar-refractivity contribution in [2.24, 2.45) is 5.11 Å². The molecule has 0 heterocycles. The molecule has 90 valence electrons. The summed E-state index contributed by atoms with van der Waals surface area (Å²) in [5.74, 6) is -0.306. The van der Waals surface area contributed by atoms with Gasteiger partial charge in [-0.25, -0.2) is 0 Å². The zero-order valence-electron chi connectivity index (χ0n) is 9.44. The van der Waals surface area contributed by atoms with E-state index in [9.17, 15) is 4.79 Å². The number of hydrogen-bond acceptors (Lipinski definition) is 3. The molecule has 0 saturated heterocycles. The predicted molar refractivity (Wildman–Crippen MR) is 66.2 cm³/mol. The molecular weight excluding hydrogens is 285 g/mol. The fraction of sp³-hybridized carbons (Fsp3) is 0.364. The van der Waals surface area contributed by atoms with Crippen LogP contribution in [0.1, 0.15) is 6.92 Å². The van der Waals surface area contributed by atoms with Crippen LogP contribution >= 0.6 is 0 Å². The van der Waals surface area contributed by atoms with Gasteiger partial charge in [-0.1, -0.05) is 0 Å². The number of benzene rings is 1. The van der Waals surface area contributed by atoms with Crippen molar-refractivity contribution in [3.8, 4) is 0 Å². The molecule has 0 aliphatic carbocycles. The second-order valence-corrected chi connectivity index (χ2v) is 6.15. The third-order valence-electron chi connectivity index (χ3n) is 1.87. The van der Waals surface area contributed by atoms with Crippen LogP contribution in [0.5, 0.6) is 0 Å². The van der Waals surface area contributed by atoms with Gasteiger partial charge in [0.05, 0.1) is 0 Å². The molecule has 0 spiro atoms. The summed E-state index contributed by atoms with van der Waals surface area (Å²) >= 11 is 0.130. The first kappa shape index (κ1) is 13.6. The number of rotatable bonds is 6. The molecule has 0 aromatic heterocycles. The van der Waals surface area contributed by atoms with Crippen LogP contribution in [0.4, 0.5) is 0 Å². The SMILES string of the molecule is CC(=O)OCC(CN=[N+]=[N-])[Se]c1ccccc1. The van der Waals surface area contributed by atoms with E-state index < -0.39 is 0 Å². The van der Waals surface area contributed by atoms with Crippen molar-refractivity contribution in [1.29, 1.82) is 0 Å². The Morgan fingerprint density at radius 3 is 2.82 bits per heavy atom. The molecule has 0 aliphatic rings. The third-order valence-corrected chi connectivity index (χ3v) is 4.31. The molecule has 1 atom stereocenters. The molecule has 1 rings (SSSR count). The van der Waals surface area contributed by atoms with Crippen molar-refractivity contribution < 1.29 is 9.53 Å². The van der Waals surface area contributed by atoms with Crippen molar-refractivity contribution in [3.05, 3.63) is 40.8 Å². The summed E-state index contributed by atoms with van der Waals surface area (Å²) in [4.78, 5) is 13.6. The summed E-state index contributed by atoms with van der Waals surface area (Å²) in [6, 6.07) is 9.93. The molecule has 0 radical (unpaired) electrons. The molecule has 17 heavy (non-hydrogen) atoms. The van der Waals surface area contributed by atoms with E-state index in [-0.39, 0.29) is 25.7 Å². The topological polar surface area (TPSA) is 75.1 Å². The Morgan fingerprint density at radius 2 is 2.24 bits per heavy atom. The average molecular weight is 298 g/mol. The summed E-state index contributed by atoms with van der Waals surface area (Å²) in [5, 5.41) is 3.55. The van der Waals surface area contributed by atoms with E-state index in [0.717, 1.165) is 0 Å². The number of azide groups is 1. The number of hydrogen-bond donors (Lipinski definition) is 0. The van der Waals surface area contributed by atoms with Crippen LogP contribution < -0.4 is 4.46 Å². The molecule has 0 N–H and O–H groups in total. The first-order valence-electron chi connectivity index (χ1n) is 5.08. The Balaban J connectivity index is 2.56. The number of ether oxygens (including phenoxy) is 1. The molecule has 1 aromatic rings. The second-order valence-electron chi connectivity index (χ2n) is 3.27. The van der Waals surface area contributed by atoms with Crippen LogP contribution in [-0.2, 0) is 9.53 Å². The summed E-state index contributed by atoms with van der Waals surface area (Å²) < 4.78 is 6.17. The average Bonchev–Trinajstić information content (AvgIpc) is 2.34. The number of carbonyl (C=O) groups excluding carboxylic acids is 1. The molecule has 0 amide bonds. The van der Waals surface area contributed by atoms with E-state index in [0.29, 0.717) is 13.2 Å². The molecule has 1 unspecified atom stereocenters. The van der Waals surface area contributed by atoms with Crippen LogP contribution in [0.3, 0.4) is 0 Å². The monoisotopic (exact) mass is 299 g/mol. The number of esters is 1. The molecule has 5 nitrogen and oxygen atoms in total. The fourth-order valence-corrected chi connectivity index (χ4v) is 3.20. The van der Waals surface area contributed by atoms with Crippen molar-refractivity contribution >= 4 is 25.4 Å². The standard InChI is InChI=1S/C11H13N3O2Se/c1-9(15)16-8-11(7-13-14-12)17-10-5-3-2-4-6-10/h2-6,11H,7-8H2,1H3. The van der Waals surface area contributed by atoms with E-state index in [4.69, 9.17) is 10.3 Å². The van der Waals surface area contributed by atoms with E-state index in [2.05, 4.69) is 10.0 Å². The van der Waals surface area contributed by atoms with Gasteiger partial charge in [0.2, 0.25) is 0 Å². The zero-order chi connectivity index (χ0) is 12.5. The predicted octanol–water partition coefficient (Wildman–Crippen LogP) is 1.68. The van der Waals surface area contributed by atoms with Crippen molar-refractivity contribution in [2.45, 2.75) is 11.7 Å². The number of nitrogens with zero attached hydrogens (tertiary/aromatic N) is 3. The molecule has 6 heteroatoms. The third kappa shape index (κ3) is 5.97. The quantitative estimate of drug-likeness (QED) is 0.263. The van der Waals surface area contributed by atoms with Crippen LogP contribution in [0, 0.1) is 0 Å². The van der Waals surface area contributed by atoms with Gasteiger partial charge in [-0.05, 0) is 0 Å². The Kier molecular flexibility index (Phi) is 6.18. The Labute approximate surface area is 106 Å². The molecule has 1 aromatic carbocycles. The molecule has 0 bridgehead atoms. The maximum absolute atomic E-state index is 10.8. The molecule has 0 saturated carbocycles. The fourth-order valence-electron chi connectivity index (χ4n) is 1.15. The molecular formula is C11H13N3O2Se. The molecule has 0 fully saturated rings. The van der Waals surface area contributed by atoms with E-state index in [1.807, 2.05) is 30.3 Å². The van der Waals surface area contributed by atoms with Gasteiger partial charge in [0, 0.05) is 0 Å². The van der Waals surface area contributed by atoms with Gasteiger partial charge in [-0.15, -0.1) is 0 Å². The van der Waals surface area contributed by atoms with Gasteiger partial charge >= 0.3 is 106 Å². The van der Waals surface area contributed by atoms with Gasteiger partial charge in [-0.2, -0.15) is 0 Å². The zero-order valence-corrected chi connectivity index (χ0v) is 11.2. The maximum atomic E-state index is 10.8. The van der Waals surface area contributed by atoms with Crippen molar-refractivity contribution in [1.82, 2.24) is 0 Å². The van der Waals surface area contributed by atoms with Gasteiger partial charge in [0.15, 0.2) is 0 Å². The van der Waals surface area contributed by atoms with Crippen LogP contribution in [-0.4, -0.2) is 34.1 Å².